The van der Waals surface area contributed by atoms with Crippen molar-refractivity contribution in [3.8, 4) is 0 Å². The van der Waals surface area contributed by atoms with E-state index in [1.165, 1.54) is 6.20 Å². The number of aromatic carboxylic acids is 1. The summed E-state index contributed by atoms with van der Waals surface area (Å²) in [6.07, 6.45) is 3.55. The molecule has 1 aromatic heterocycles. The number of fused-ring (bicyclic) bond motifs is 1. The molecule has 1 aliphatic heterocycles. The zero-order valence-electron chi connectivity index (χ0n) is 10.5. The van der Waals surface area contributed by atoms with E-state index in [0.29, 0.717) is 16.9 Å². The van der Waals surface area contributed by atoms with Crippen molar-refractivity contribution in [2.45, 2.75) is 12.8 Å². The normalized spacial score (nSPS) is 18.8. The summed E-state index contributed by atoms with van der Waals surface area (Å²) < 4.78 is 5.37. The first-order valence-corrected chi connectivity index (χ1v) is 6.43. The van der Waals surface area contributed by atoms with Crippen LogP contribution in [0.3, 0.4) is 0 Å². The summed E-state index contributed by atoms with van der Waals surface area (Å²) in [4.78, 5) is 15.4. The summed E-state index contributed by atoms with van der Waals surface area (Å²) >= 11 is 0. The van der Waals surface area contributed by atoms with Crippen LogP contribution in [0.5, 0.6) is 0 Å². The fourth-order valence-corrected chi connectivity index (χ4v) is 2.58. The van der Waals surface area contributed by atoms with Crippen LogP contribution in [0.15, 0.2) is 30.5 Å². The highest BCUT2D eigenvalue weighted by Crippen LogP contribution is 2.23. The average Bonchev–Trinajstić information content (AvgIpc) is 2.90. The van der Waals surface area contributed by atoms with Crippen molar-refractivity contribution in [2.24, 2.45) is 5.92 Å². The fourth-order valence-electron chi connectivity index (χ4n) is 2.58. The predicted molar refractivity (Wildman–Crippen MR) is 71.3 cm³/mol. The number of aromatic nitrogens is 1. The minimum atomic E-state index is -0.909. The Kier molecular flexibility index (Phi) is 3.17. The minimum absolute atomic E-state index is 0.314. The Morgan fingerprint density at radius 3 is 3.05 bits per heavy atom. The van der Waals surface area contributed by atoms with Gasteiger partial charge in [-0.15, -0.1) is 0 Å². The topological polar surface area (TPSA) is 59.4 Å². The molecule has 3 rings (SSSR count). The van der Waals surface area contributed by atoms with Crippen LogP contribution in [-0.2, 0) is 11.2 Å². The Hall–Kier alpha value is -1.94. The maximum Gasteiger partial charge on any atom is 0.336 e. The second-order valence-corrected chi connectivity index (χ2v) is 4.95. The lowest BCUT2D eigenvalue weighted by atomic mass is 9.96. The van der Waals surface area contributed by atoms with Gasteiger partial charge in [0.25, 0.3) is 0 Å². The molecular weight excluding hydrogens is 242 g/mol. The van der Waals surface area contributed by atoms with Gasteiger partial charge in [-0.3, -0.25) is 4.98 Å². The van der Waals surface area contributed by atoms with E-state index in [4.69, 9.17) is 4.74 Å². The molecule has 1 N–H and O–H groups in total. The Balaban J connectivity index is 1.98. The molecule has 0 radical (unpaired) electrons. The first-order valence-electron chi connectivity index (χ1n) is 6.43. The summed E-state index contributed by atoms with van der Waals surface area (Å²) in [5.41, 5.74) is 2.19. The number of benzene rings is 1. The number of carboxylic acid groups (broad SMARTS) is 1. The van der Waals surface area contributed by atoms with Gasteiger partial charge in [-0.05, 0) is 42.5 Å². The first-order chi connectivity index (χ1) is 9.24. The largest absolute Gasteiger partial charge is 0.478 e. The number of pyridine rings is 1. The lowest BCUT2D eigenvalue weighted by Gasteiger charge is -2.09. The van der Waals surface area contributed by atoms with E-state index in [2.05, 4.69) is 4.98 Å². The number of hydrogen-bond acceptors (Lipinski definition) is 3. The second-order valence-electron chi connectivity index (χ2n) is 4.95. The lowest BCUT2D eigenvalue weighted by Crippen LogP contribution is -2.04. The molecule has 1 saturated heterocycles. The summed E-state index contributed by atoms with van der Waals surface area (Å²) in [6.45, 7) is 1.64. The highest BCUT2D eigenvalue weighted by molar-refractivity contribution is 6.02. The van der Waals surface area contributed by atoms with Crippen LogP contribution < -0.4 is 0 Å². The Morgan fingerprint density at radius 2 is 2.32 bits per heavy atom. The molecule has 4 heteroatoms. The molecule has 1 aromatic carbocycles. The van der Waals surface area contributed by atoms with Gasteiger partial charge in [-0.25, -0.2) is 4.79 Å². The summed E-state index contributed by atoms with van der Waals surface area (Å²) in [5, 5.41) is 9.92. The Bertz CT molecular complexity index is 618. The van der Waals surface area contributed by atoms with Crippen molar-refractivity contribution in [1.82, 2.24) is 4.98 Å². The van der Waals surface area contributed by atoms with Crippen LogP contribution in [0.2, 0.25) is 0 Å². The maximum atomic E-state index is 11.2. The van der Waals surface area contributed by atoms with Gasteiger partial charge in [0.1, 0.15) is 0 Å². The molecule has 0 bridgehead atoms. The zero-order valence-corrected chi connectivity index (χ0v) is 10.5. The highest BCUT2D eigenvalue weighted by atomic mass is 16.5. The molecule has 0 aliphatic carbocycles. The van der Waals surface area contributed by atoms with Crippen LogP contribution in [0.25, 0.3) is 10.9 Å². The molecule has 0 spiro atoms. The van der Waals surface area contributed by atoms with E-state index in [1.54, 1.807) is 6.07 Å². The van der Waals surface area contributed by atoms with Gasteiger partial charge in [0, 0.05) is 24.8 Å². The van der Waals surface area contributed by atoms with Crippen LogP contribution in [0.1, 0.15) is 22.3 Å². The smallest absolute Gasteiger partial charge is 0.336 e. The molecule has 1 aliphatic rings. The first kappa shape index (κ1) is 12.1. The van der Waals surface area contributed by atoms with E-state index in [1.807, 2.05) is 18.2 Å². The zero-order chi connectivity index (χ0) is 13.2. The lowest BCUT2D eigenvalue weighted by molar-refractivity contribution is 0.0699. The van der Waals surface area contributed by atoms with Crippen LogP contribution in [0, 0.1) is 5.92 Å². The van der Waals surface area contributed by atoms with Crippen LogP contribution >= 0.6 is 0 Å². The van der Waals surface area contributed by atoms with E-state index in [-0.39, 0.29) is 0 Å². The van der Waals surface area contributed by atoms with Gasteiger partial charge in [-0.1, -0.05) is 6.07 Å². The van der Waals surface area contributed by atoms with Crippen molar-refractivity contribution >= 4 is 16.9 Å². The molecule has 1 fully saturated rings. The number of nitrogens with zero attached hydrogens (tertiary/aromatic N) is 1. The van der Waals surface area contributed by atoms with Crippen molar-refractivity contribution in [2.75, 3.05) is 13.2 Å². The number of ether oxygens (including phenoxy) is 1. The summed E-state index contributed by atoms with van der Waals surface area (Å²) in [7, 11) is 0. The molecule has 2 heterocycles. The SMILES string of the molecule is O=C(O)c1ccnc2ccc(C[C@H]3CCOC3)cc12. The molecule has 0 amide bonds. The monoisotopic (exact) mass is 257 g/mol. The molecule has 0 saturated carbocycles. The minimum Gasteiger partial charge on any atom is -0.478 e. The third kappa shape index (κ3) is 2.44. The van der Waals surface area contributed by atoms with E-state index in [9.17, 15) is 9.90 Å². The standard InChI is InChI=1S/C15H15NO3/c17-15(18)12-3-5-16-14-2-1-10(8-13(12)14)7-11-4-6-19-9-11/h1-3,5,8,11H,4,6-7,9H2,(H,17,18)/t11-/m1/s1. The third-order valence-corrected chi connectivity index (χ3v) is 3.58. The van der Waals surface area contributed by atoms with Gasteiger partial charge in [0.2, 0.25) is 0 Å². The third-order valence-electron chi connectivity index (χ3n) is 3.58. The van der Waals surface area contributed by atoms with E-state index >= 15 is 0 Å². The van der Waals surface area contributed by atoms with Crippen LogP contribution in [0.4, 0.5) is 0 Å². The second kappa shape index (κ2) is 4.97. The molecular formula is C15H15NO3. The van der Waals surface area contributed by atoms with Crippen molar-refractivity contribution in [3.63, 3.8) is 0 Å². The average molecular weight is 257 g/mol. The molecule has 0 unspecified atom stereocenters. The van der Waals surface area contributed by atoms with Gasteiger partial charge >= 0.3 is 5.97 Å². The number of hydrogen-bond donors (Lipinski definition) is 1. The van der Waals surface area contributed by atoms with Crippen molar-refractivity contribution < 1.29 is 14.6 Å². The quantitative estimate of drug-likeness (QED) is 0.917. The number of carbonyl (C=O) groups is 1. The fraction of sp³-hybridized carbons (Fsp3) is 0.333. The molecule has 1 atom stereocenters. The summed E-state index contributed by atoms with van der Waals surface area (Å²) in [5.74, 6) is -0.365. The highest BCUT2D eigenvalue weighted by Gasteiger charge is 2.17. The van der Waals surface area contributed by atoms with Crippen molar-refractivity contribution in [3.05, 3.63) is 41.6 Å². The van der Waals surface area contributed by atoms with Gasteiger partial charge in [0.05, 0.1) is 11.1 Å². The van der Waals surface area contributed by atoms with Gasteiger partial charge in [0.15, 0.2) is 0 Å². The maximum absolute atomic E-state index is 11.2. The number of carboxylic acids is 1. The van der Waals surface area contributed by atoms with E-state index in [0.717, 1.165) is 37.1 Å². The van der Waals surface area contributed by atoms with Crippen LogP contribution in [-0.4, -0.2) is 29.3 Å². The number of rotatable bonds is 3. The molecule has 4 nitrogen and oxygen atoms in total. The Morgan fingerprint density at radius 1 is 1.42 bits per heavy atom. The van der Waals surface area contributed by atoms with Crippen molar-refractivity contribution in [1.29, 1.82) is 0 Å². The Labute approximate surface area is 111 Å². The molecule has 19 heavy (non-hydrogen) atoms. The van der Waals surface area contributed by atoms with E-state index < -0.39 is 5.97 Å². The summed E-state index contributed by atoms with van der Waals surface area (Å²) in [6, 6.07) is 7.42. The predicted octanol–water partition coefficient (Wildman–Crippen LogP) is 2.51. The van der Waals surface area contributed by atoms with Gasteiger partial charge < -0.3 is 9.84 Å². The van der Waals surface area contributed by atoms with Gasteiger partial charge in [-0.2, -0.15) is 0 Å². The molecule has 2 aromatic rings. The molecule has 98 valence electrons.